The first-order valence-electron chi connectivity index (χ1n) is 8.18. The highest BCUT2D eigenvalue weighted by Gasteiger charge is 2.27. The summed E-state index contributed by atoms with van der Waals surface area (Å²) in [5.74, 6) is 1.58. The Labute approximate surface area is 149 Å². The molecule has 132 valence electrons. The molecule has 0 fully saturated rings. The summed E-state index contributed by atoms with van der Waals surface area (Å²) in [5, 5.41) is 20.9. The summed E-state index contributed by atoms with van der Waals surface area (Å²) < 4.78 is 7.07. The van der Waals surface area contributed by atoms with E-state index in [1.165, 1.54) is 6.33 Å². The first kappa shape index (κ1) is 16.2. The molecule has 0 spiro atoms. The van der Waals surface area contributed by atoms with Crippen LogP contribution < -0.4 is 5.32 Å². The van der Waals surface area contributed by atoms with E-state index in [4.69, 9.17) is 4.52 Å². The van der Waals surface area contributed by atoms with E-state index >= 15 is 0 Å². The average Bonchev–Trinajstić information content (AvgIpc) is 3.32. The van der Waals surface area contributed by atoms with Gasteiger partial charge in [-0.3, -0.25) is 0 Å². The fourth-order valence-electron chi connectivity index (χ4n) is 2.52. The van der Waals surface area contributed by atoms with Crippen LogP contribution in [0, 0.1) is 0 Å². The van der Waals surface area contributed by atoms with Crippen molar-refractivity contribution in [2.75, 3.05) is 11.9 Å². The molecule has 26 heavy (non-hydrogen) atoms. The van der Waals surface area contributed by atoms with Crippen molar-refractivity contribution < 1.29 is 9.63 Å². The molecule has 0 aliphatic heterocycles. The highest BCUT2D eigenvalue weighted by atomic mass is 16.5. The lowest BCUT2D eigenvalue weighted by atomic mass is 9.95. The van der Waals surface area contributed by atoms with Gasteiger partial charge in [-0.25, -0.2) is 9.50 Å². The second kappa shape index (κ2) is 6.23. The molecule has 3 aromatic heterocycles. The van der Waals surface area contributed by atoms with Crippen molar-refractivity contribution in [1.29, 1.82) is 0 Å². The van der Waals surface area contributed by atoms with Gasteiger partial charge < -0.3 is 14.9 Å². The second-order valence-electron chi connectivity index (χ2n) is 6.62. The summed E-state index contributed by atoms with van der Waals surface area (Å²) in [6, 6.07) is 11.5. The molecule has 0 saturated heterocycles. The van der Waals surface area contributed by atoms with E-state index in [1.54, 1.807) is 4.52 Å². The van der Waals surface area contributed by atoms with Crippen LogP contribution in [-0.2, 0) is 5.41 Å². The molecule has 2 N–H and O–H groups in total. The van der Waals surface area contributed by atoms with Crippen LogP contribution in [-0.4, -0.2) is 36.5 Å². The van der Waals surface area contributed by atoms with Crippen molar-refractivity contribution >= 4 is 17.0 Å². The van der Waals surface area contributed by atoms with Gasteiger partial charge in [-0.2, -0.15) is 10.1 Å². The SMILES string of the molecule is CC(C)(CO)c1nc(-c2cccc(Nc3ncnn4cccc34)c2)no1. The van der Waals surface area contributed by atoms with Crippen molar-refractivity contribution in [3.05, 3.63) is 54.8 Å². The molecule has 0 amide bonds. The van der Waals surface area contributed by atoms with Gasteiger partial charge in [0.15, 0.2) is 5.82 Å². The van der Waals surface area contributed by atoms with Gasteiger partial charge in [-0.1, -0.05) is 17.3 Å². The van der Waals surface area contributed by atoms with E-state index in [0.717, 1.165) is 16.8 Å². The molecule has 3 heterocycles. The summed E-state index contributed by atoms with van der Waals surface area (Å²) in [6.07, 6.45) is 3.37. The molecule has 0 unspecified atom stereocenters. The number of hydrogen-bond acceptors (Lipinski definition) is 7. The Morgan fingerprint density at radius 1 is 1.23 bits per heavy atom. The molecule has 4 aromatic rings. The van der Waals surface area contributed by atoms with Crippen LogP contribution in [0.1, 0.15) is 19.7 Å². The maximum atomic E-state index is 9.45. The molecule has 0 saturated carbocycles. The number of aliphatic hydroxyl groups is 1. The van der Waals surface area contributed by atoms with Crippen LogP contribution in [0.3, 0.4) is 0 Å². The lowest BCUT2D eigenvalue weighted by Gasteiger charge is -2.14. The molecule has 1 aromatic carbocycles. The van der Waals surface area contributed by atoms with Gasteiger partial charge >= 0.3 is 0 Å². The number of benzene rings is 1. The normalized spacial score (nSPS) is 11.8. The van der Waals surface area contributed by atoms with Crippen LogP contribution in [0.25, 0.3) is 16.9 Å². The van der Waals surface area contributed by atoms with E-state index < -0.39 is 5.41 Å². The van der Waals surface area contributed by atoms with Crippen LogP contribution >= 0.6 is 0 Å². The fourth-order valence-corrected chi connectivity index (χ4v) is 2.52. The predicted molar refractivity (Wildman–Crippen MR) is 96.1 cm³/mol. The van der Waals surface area contributed by atoms with Crippen molar-refractivity contribution in [2.45, 2.75) is 19.3 Å². The number of nitrogens with one attached hydrogen (secondary N) is 1. The fraction of sp³-hybridized carbons (Fsp3) is 0.222. The topological polar surface area (TPSA) is 101 Å². The Kier molecular flexibility index (Phi) is 3.89. The van der Waals surface area contributed by atoms with E-state index in [9.17, 15) is 5.11 Å². The maximum Gasteiger partial charge on any atom is 0.234 e. The third kappa shape index (κ3) is 2.91. The van der Waals surface area contributed by atoms with Gasteiger partial charge in [0, 0.05) is 17.4 Å². The van der Waals surface area contributed by atoms with E-state index in [0.29, 0.717) is 17.5 Å². The Balaban J connectivity index is 1.64. The summed E-state index contributed by atoms with van der Waals surface area (Å²) in [7, 11) is 0. The molecular weight excluding hydrogens is 332 g/mol. The lowest BCUT2D eigenvalue weighted by Crippen LogP contribution is -2.22. The predicted octanol–water partition coefficient (Wildman–Crippen LogP) is 2.79. The molecule has 0 bridgehead atoms. The Hall–Kier alpha value is -3.26. The highest BCUT2D eigenvalue weighted by Crippen LogP contribution is 2.27. The third-order valence-electron chi connectivity index (χ3n) is 4.12. The van der Waals surface area contributed by atoms with Crippen LogP contribution in [0.15, 0.2) is 53.4 Å². The molecule has 8 nitrogen and oxygen atoms in total. The van der Waals surface area contributed by atoms with Crippen molar-refractivity contribution in [2.24, 2.45) is 0 Å². The quantitative estimate of drug-likeness (QED) is 0.570. The number of hydrogen-bond donors (Lipinski definition) is 2. The summed E-state index contributed by atoms with van der Waals surface area (Å²) >= 11 is 0. The van der Waals surface area contributed by atoms with Crippen molar-refractivity contribution in [3.8, 4) is 11.4 Å². The summed E-state index contributed by atoms with van der Waals surface area (Å²) in [4.78, 5) is 8.72. The first-order valence-corrected chi connectivity index (χ1v) is 8.18. The second-order valence-corrected chi connectivity index (χ2v) is 6.62. The zero-order chi connectivity index (χ0) is 18.1. The Bertz CT molecular complexity index is 1050. The number of fused-ring (bicyclic) bond motifs is 1. The zero-order valence-electron chi connectivity index (χ0n) is 14.4. The summed E-state index contributed by atoms with van der Waals surface area (Å²) in [5.41, 5.74) is 1.95. The van der Waals surface area contributed by atoms with Crippen LogP contribution in [0.5, 0.6) is 0 Å². The van der Waals surface area contributed by atoms with Gasteiger partial charge in [0.1, 0.15) is 11.8 Å². The minimum atomic E-state index is -0.581. The number of anilines is 2. The van der Waals surface area contributed by atoms with Gasteiger partial charge in [0.25, 0.3) is 0 Å². The minimum Gasteiger partial charge on any atom is -0.395 e. The van der Waals surface area contributed by atoms with Crippen molar-refractivity contribution in [1.82, 2.24) is 24.7 Å². The first-order chi connectivity index (χ1) is 12.6. The Morgan fingerprint density at radius 2 is 2.12 bits per heavy atom. The van der Waals surface area contributed by atoms with Gasteiger partial charge in [-0.15, -0.1) is 0 Å². The molecule has 0 aliphatic rings. The third-order valence-corrected chi connectivity index (χ3v) is 4.12. The van der Waals surface area contributed by atoms with E-state index in [-0.39, 0.29) is 6.61 Å². The lowest BCUT2D eigenvalue weighted by molar-refractivity contribution is 0.182. The van der Waals surface area contributed by atoms with E-state index in [2.05, 4.69) is 25.5 Å². The van der Waals surface area contributed by atoms with Crippen LogP contribution in [0.4, 0.5) is 11.5 Å². The molecule has 0 aliphatic carbocycles. The summed E-state index contributed by atoms with van der Waals surface area (Å²) in [6.45, 7) is 3.62. The van der Waals surface area contributed by atoms with E-state index in [1.807, 2.05) is 56.4 Å². The standard InChI is InChI=1S/C18H18N6O2/c1-18(2,10-25)17-22-15(23-26-17)12-5-3-6-13(9-12)21-16-14-7-4-8-24(14)20-11-19-16/h3-9,11,25H,10H2,1-2H3,(H,19,20,21). The molecule has 4 rings (SSSR count). The molecule has 0 radical (unpaired) electrons. The molecular formula is C18H18N6O2. The average molecular weight is 350 g/mol. The number of aliphatic hydroxyl groups excluding tert-OH is 1. The van der Waals surface area contributed by atoms with Crippen molar-refractivity contribution in [3.63, 3.8) is 0 Å². The number of aromatic nitrogens is 5. The number of rotatable bonds is 5. The van der Waals surface area contributed by atoms with Gasteiger partial charge in [0.2, 0.25) is 11.7 Å². The van der Waals surface area contributed by atoms with Gasteiger partial charge in [-0.05, 0) is 38.1 Å². The van der Waals surface area contributed by atoms with Gasteiger partial charge in [0.05, 0.1) is 12.0 Å². The Morgan fingerprint density at radius 3 is 2.96 bits per heavy atom. The minimum absolute atomic E-state index is 0.0722. The highest BCUT2D eigenvalue weighted by molar-refractivity contribution is 5.74. The number of nitrogens with zero attached hydrogens (tertiary/aromatic N) is 5. The largest absolute Gasteiger partial charge is 0.395 e. The van der Waals surface area contributed by atoms with Crippen LogP contribution in [0.2, 0.25) is 0 Å². The molecule has 0 atom stereocenters. The smallest absolute Gasteiger partial charge is 0.234 e. The molecule has 8 heteroatoms. The maximum absolute atomic E-state index is 9.45. The monoisotopic (exact) mass is 350 g/mol. The zero-order valence-corrected chi connectivity index (χ0v) is 14.4.